The van der Waals surface area contributed by atoms with Gasteiger partial charge in [-0.1, -0.05) is 57.4 Å². The van der Waals surface area contributed by atoms with E-state index in [-0.39, 0.29) is 11.6 Å². The molecule has 2 aromatic rings. The standard InChI is InChI=1S/C27H34FNO/c1-4-6-8-21-13-16-25(27(30-3)26(21)28)24-15-14-22(17-23(24)18-29)20-11-9-19(7-5-2)10-12-20/h13-17,19-20H,4-12H2,1-3H3. The van der Waals surface area contributed by atoms with Gasteiger partial charge in [0.1, 0.15) is 0 Å². The average molecular weight is 408 g/mol. The van der Waals surface area contributed by atoms with Crippen molar-refractivity contribution in [2.24, 2.45) is 5.92 Å². The molecule has 0 unspecified atom stereocenters. The van der Waals surface area contributed by atoms with Crippen LogP contribution in [-0.4, -0.2) is 7.11 Å². The molecule has 0 aliphatic heterocycles. The maximum Gasteiger partial charge on any atom is 0.168 e. The van der Waals surface area contributed by atoms with E-state index in [0.29, 0.717) is 29.0 Å². The van der Waals surface area contributed by atoms with Crippen LogP contribution in [0.4, 0.5) is 4.39 Å². The van der Waals surface area contributed by atoms with Crippen molar-refractivity contribution < 1.29 is 9.13 Å². The topological polar surface area (TPSA) is 33.0 Å². The monoisotopic (exact) mass is 407 g/mol. The highest BCUT2D eigenvalue weighted by atomic mass is 19.1. The largest absolute Gasteiger partial charge is 0.493 e. The van der Waals surface area contributed by atoms with Crippen LogP contribution in [0.1, 0.15) is 87.8 Å². The van der Waals surface area contributed by atoms with Crippen LogP contribution in [0.5, 0.6) is 5.75 Å². The Morgan fingerprint density at radius 2 is 1.77 bits per heavy atom. The summed E-state index contributed by atoms with van der Waals surface area (Å²) in [5.41, 5.74) is 3.92. The Bertz CT molecular complexity index is 890. The number of hydrogen-bond acceptors (Lipinski definition) is 2. The molecule has 2 aromatic carbocycles. The highest BCUT2D eigenvalue weighted by Gasteiger charge is 2.23. The van der Waals surface area contributed by atoms with Crippen LogP contribution in [-0.2, 0) is 6.42 Å². The number of halogens is 1. The van der Waals surface area contributed by atoms with Crippen molar-refractivity contribution in [2.45, 2.75) is 77.6 Å². The van der Waals surface area contributed by atoms with Crippen molar-refractivity contribution in [1.29, 1.82) is 5.26 Å². The normalized spacial score (nSPS) is 18.8. The molecule has 0 atom stereocenters. The summed E-state index contributed by atoms with van der Waals surface area (Å²) < 4.78 is 20.5. The first-order valence-electron chi connectivity index (χ1n) is 11.5. The smallest absolute Gasteiger partial charge is 0.168 e. The zero-order valence-electron chi connectivity index (χ0n) is 18.6. The van der Waals surface area contributed by atoms with Gasteiger partial charge in [-0.3, -0.25) is 0 Å². The van der Waals surface area contributed by atoms with Gasteiger partial charge in [-0.2, -0.15) is 5.26 Å². The molecule has 0 heterocycles. The van der Waals surface area contributed by atoms with Gasteiger partial charge in [0.15, 0.2) is 11.6 Å². The predicted molar refractivity (Wildman–Crippen MR) is 121 cm³/mol. The fourth-order valence-electron chi connectivity index (χ4n) is 4.90. The Labute approximate surface area is 181 Å². The van der Waals surface area contributed by atoms with Gasteiger partial charge in [0, 0.05) is 11.1 Å². The van der Waals surface area contributed by atoms with E-state index >= 15 is 4.39 Å². The van der Waals surface area contributed by atoms with E-state index in [9.17, 15) is 5.26 Å². The van der Waals surface area contributed by atoms with E-state index in [4.69, 9.17) is 4.74 Å². The van der Waals surface area contributed by atoms with Crippen LogP contribution in [0, 0.1) is 23.1 Å². The summed E-state index contributed by atoms with van der Waals surface area (Å²) in [6.45, 7) is 4.36. The Morgan fingerprint density at radius 1 is 1.03 bits per heavy atom. The summed E-state index contributed by atoms with van der Waals surface area (Å²) in [6, 6.07) is 12.2. The van der Waals surface area contributed by atoms with Gasteiger partial charge in [-0.15, -0.1) is 0 Å². The molecule has 1 fully saturated rings. The maximum atomic E-state index is 15.0. The molecule has 160 valence electrons. The van der Waals surface area contributed by atoms with E-state index in [1.165, 1.54) is 51.2 Å². The first kappa shape index (κ1) is 22.3. The lowest BCUT2D eigenvalue weighted by Crippen LogP contribution is -2.13. The van der Waals surface area contributed by atoms with E-state index in [2.05, 4.69) is 26.0 Å². The molecule has 3 heteroatoms. The molecule has 0 radical (unpaired) electrons. The molecule has 1 saturated carbocycles. The molecule has 3 rings (SSSR count). The molecular weight excluding hydrogens is 373 g/mol. The second-order valence-electron chi connectivity index (χ2n) is 8.65. The fourth-order valence-corrected chi connectivity index (χ4v) is 4.90. The van der Waals surface area contributed by atoms with Crippen molar-refractivity contribution in [3.8, 4) is 22.9 Å². The van der Waals surface area contributed by atoms with E-state index in [1.54, 1.807) is 0 Å². The van der Waals surface area contributed by atoms with Crippen LogP contribution >= 0.6 is 0 Å². The Hall–Kier alpha value is -2.34. The minimum absolute atomic E-state index is 0.243. The first-order chi connectivity index (χ1) is 14.6. The molecule has 2 nitrogen and oxygen atoms in total. The Kier molecular flexibility index (Phi) is 7.91. The number of rotatable bonds is 8. The van der Waals surface area contributed by atoms with Crippen LogP contribution in [0.15, 0.2) is 30.3 Å². The molecule has 1 aliphatic carbocycles. The first-order valence-corrected chi connectivity index (χ1v) is 11.5. The Morgan fingerprint density at radius 3 is 2.40 bits per heavy atom. The van der Waals surface area contributed by atoms with Gasteiger partial charge in [-0.25, -0.2) is 4.39 Å². The lowest BCUT2D eigenvalue weighted by atomic mass is 9.76. The third-order valence-electron chi connectivity index (χ3n) is 6.65. The molecule has 0 N–H and O–H groups in total. The molecule has 0 amide bonds. The van der Waals surface area contributed by atoms with E-state index < -0.39 is 0 Å². The van der Waals surface area contributed by atoms with Crippen LogP contribution in [0.3, 0.4) is 0 Å². The summed E-state index contributed by atoms with van der Waals surface area (Å²) in [5.74, 6) is 1.33. The molecule has 0 saturated heterocycles. The van der Waals surface area contributed by atoms with Crippen molar-refractivity contribution in [3.63, 3.8) is 0 Å². The van der Waals surface area contributed by atoms with Gasteiger partial charge in [0.2, 0.25) is 0 Å². The van der Waals surface area contributed by atoms with Gasteiger partial charge in [0.05, 0.1) is 18.7 Å². The maximum absolute atomic E-state index is 15.0. The summed E-state index contributed by atoms with van der Waals surface area (Å²) >= 11 is 0. The average Bonchev–Trinajstić information content (AvgIpc) is 2.78. The van der Waals surface area contributed by atoms with Gasteiger partial charge < -0.3 is 4.74 Å². The van der Waals surface area contributed by atoms with Gasteiger partial charge >= 0.3 is 0 Å². The van der Waals surface area contributed by atoms with Crippen molar-refractivity contribution in [3.05, 3.63) is 52.8 Å². The zero-order chi connectivity index (χ0) is 21.5. The molecule has 30 heavy (non-hydrogen) atoms. The molecule has 0 aromatic heterocycles. The van der Waals surface area contributed by atoms with Crippen LogP contribution in [0.2, 0.25) is 0 Å². The van der Waals surface area contributed by atoms with Crippen molar-refractivity contribution >= 4 is 0 Å². The number of methoxy groups -OCH3 is 1. The van der Waals surface area contributed by atoms with Gasteiger partial charge in [-0.05, 0) is 67.6 Å². The number of ether oxygens (including phenoxy) is 1. The lowest BCUT2D eigenvalue weighted by Gasteiger charge is -2.29. The number of unbranched alkanes of at least 4 members (excludes halogenated alkanes) is 1. The van der Waals surface area contributed by atoms with Crippen LogP contribution < -0.4 is 4.74 Å². The number of nitrogens with zero attached hydrogens (tertiary/aromatic N) is 1. The summed E-state index contributed by atoms with van der Waals surface area (Å²) in [6.07, 6.45) is 10.2. The second kappa shape index (κ2) is 10.6. The molecular formula is C27H34FNO. The Balaban J connectivity index is 1.89. The van der Waals surface area contributed by atoms with Crippen molar-refractivity contribution in [1.82, 2.24) is 0 Å². The van der Waals surface area contributed by atoms with E-state index in [1.807, 2.05) is 24.3 Å². The lowest BCUT2D eigenvalue weighted by molar-refractivity contribution is 0.308. The minimum atomic E-state index is -0.300. The summed E-state index contributed by atoms with van der Waals surface area (Å²) in [7, 11) is 1.50. The fraction of sp³-hybridized carbons (Fsp3) is 0.519. The zero-order valence-corrected chi connectivity index (χ0v) is 18.6. The quantitative estimate of drug-likeness (QED) is 0.447. The van der Waals surface area contributed by atoms with E-state index in [0.717, 1.165) is 24.3 Å². The third-order valence-corrected chi connectivity index (χ3v) is 6.65. The highest BCUT2D eigenvalue weighted by Crippen LogP contribution is 2.41. The highest BCUT2D eigenvalue weighted by molar-refractivity contribution is 5.77. The number of hydrogen-bond donors (Lipinski definition) is 0. The molecule has 0 bridgehead atoms. The SMILES string of the molecule is CCCCc1ccc(-c2ccc(C3CCC(CCC)CC3)cc2C#N)c(OC)c1F. The number of benzene rings is 2. The predicted octanol–water partition coefficient (Wildman–Crippen LogP) is 7.79. The third kappa shape index (κ3) is 4.86. The van der Waals surface area contributed by atoms with Crippen LogP contribution in [0.25, 0.3) is 11.1 Å². The van der Waals surface area contributed by atoms with Gasteiger partial charge in [0.25, 0.3) is 0 Å². The molecule has 0 spiro atoms. The number of nitriles is 1. The summed E-state index contributed by atoms with van der Waals surface area (Å²) in [4.78, 5) is 0. The molecule has 1 aliphatic rings. The number of aryl methyl sites for hydroxylation is 1. The minimum Gasteiger partial charge on any atom is -0.493 e. The second-order valence-corrected chi connectivity index (χ2v) is 8.65. The van der Waals surface area contributed by atoms with Crippen molar-refractivity contribution in [2.75, 3.05) is 7.11 Å². The summed E-state index contributed by atoms with van der Waals surface area (Å²) in [5, 5.41) is 9.83.